The second-order valence-electron chi connectivity index (χ2n) is 7.70. The number of benzene rings is 3. The summed E-state index contributed by atoms with van der Waals surface area (Å²) >= 11 is 6.34. The molecule has 1 aromatic heterocycles. The van der Waals surface area contributed by atoms with E-state index < -0.39 is 0 Å². The number of carbonyl (C=O) groups is 1. The van der Waals surface area contributed by atoms with E-state index in [9.17, 15) is 4.79 Å². The van der Waals surface area contributed by atoms with Gasteiger partial charge in [0.1, 0.15) is 5.82 Å². The van der Waals surface area contributed by atoms with Crippen molar-refractivity contribution in [2.45, 2.75) is 19.5 Å². The highest BCUT2D eigenvalue weighted by Gasteiger charge is 2.11. The van der Waals surface area contributed by atoms with Gasteiger partial charge in [0.05, 0.1) is 16.3 Å². The maximum absolute atomic E-state index is 12.8. The molecule has 0 bridgehead atoms. The number of aromatic nitrogens is 1. The van der Waals surface area contributed by atoms with E-state index in [4.69, 9.17) is 11.6 Å². The maximum Gasteiger partial charge on any atom is 0.257 e. The molecule has 0 aliphatic heterocycles. The summed E-state index contributed by atoms with van der Waals surface area (Å²) in [6.45, 7) is 2.77. The van der Waals surface area contributed by atoms with Crippen LogP contribution in [0.4, 0.5) is 17.2 Å². The first-order valence-corrected chi connectivity index (χ1v) is 11.1. The highest BCUT2D eigenvalue weighted by molar-refractivity contribution is 6.34. The van der Waals surface area contributed by atoms with E-state index in [2.05, 4.69) is 40.0 Å². The lowest BCUT2D eigenvalue weighted by molar-refractivity contribution is 0.102. The lowest BCUT2D eigenvalue weighted by Crippen LogP contribution is -2.18. The molecule has 33 heavy (non-hydrogen) atoms. The molecular formula is C27H25ClN4O. The Morgan fingerprint density at radius 3 is 2.36 bits per heavy atom. The molecule has 1 heterocycles. The van der Waals surface area contributed by atoms with Crippen molar-refractivity contribution in [1.29, 1.82) is 0 Å². The first-order valence-electron chi connectivity index (χ1n) is 10.7. The predicted molar refractivity (Wildman–Crippen MR) is 135 cm³/mol. The standard InChI is InChI=1S/C27H25ClN4O/c1-19(21-8-4-2-5-9-21)29-17-20-12-14-24(28)25(16-20)32-27(33)22-13-15-26(30-18-22)31-23-10-6-3-7-11-23/h2-16,18-19,29H,17H2,1H3,(H,30,31)(H,32,33)/t19-/m1/s1. The molecule has 0 unspecified atom stereocenters. The van der Waals surface area contributed by atoms with Gasteiger partial charge in [-0.1, -0.05) is 66.2 Å². The molecule has 4 rings (SSSR count). The van der Waals surface area contributed by atoms with E-state index in [1.165, 1.54) is 5.56 Å². The SMILES string of the molecule is C[C@@H](NCc1ccc(Cl)c(NC(=O)c2ccc(Nc3ccccc3)nc2)c1)c1ccccc1. The van der Waals surface area contributed by atoms with Crippen LogP contribution >= 0.6 is 11.6 Å². The minimum absolute atomic E-state index is 0.203. The molecule has 4 aromatic rings. The first-order chi connectivity index (χ1) is 16.1. The number of nitrogens with zero attached hydrogens (tertiary/aromatic N) is 1. The van der Waals surface area contributed by atoms with Gasteiger partial charge in [0.2, 0.25) is 0 Å². The average molecular weight is 457 g/mol. The quantitative estimate of drug-likeness (QED) is 0.280. The number of nitrogens with one attached hydrogen (secondary N) is 3. The van der Waals surface area contributed by atoms with Gasteiger partial charge in [0.15, 0.2) is 0 Å². The van der Waals surface area contributed by atoms with Crippen molar-refractivity contribution in [3.05, 3.63) is 119 Å². The van der Waals surface area contributed by atoms with E-state index in [1.54, 1.807) is 24.4 Å². The number of hydrogen-bond acceptors (Lipinski definition) is 4. The number of hydrogen-bond donors (Lipinski definition) is 3. The first kappa shape index (κ1) is 22.5. The van der Waals surface area contributed by atoms with Crippen LogP contribution in [0.5, 0.6) is 0 Å². The Labute approximate surface area is 198 Å². The Morgan fingerprint density at radius 2 is 1.67 bits per heavy atom. The molecule has 3 aromatic carbocycles. The summed E-state index contributed by atoms with van der Waals surface area (Å²) in [5.41, 5.74) is 4.20. The van der Waals surface area contributed by atoms with Crippen molar-refractivity contribution in [3.8, 4) is 0 Å². The van der Waals surface area contributed by atoms with Crippen LogP contribution in [-0.4, -0.2) is 10.9 Å². The zero-order chi connectivity index (χ0) is 23.0. The van der Waals surface area contributed by atoms with E-state index in [0.29, 0.717) is 28.6 Å². The summed E-state index contributed by atoms with van der Waals surface area (Å²) in [6, 6.07) is 29.4. The van der Waals surface area contributed by atoms with Gasteiger partial charge in [-0.05, 0) is 54.4 Å². The van der Waals surface area contributed by atoms with Crippen LogP contribution in [0.15, 0.2) is 97.2 Å². The third-order valence-electron chi connectivity index (χ3n) is 5.26. The molecule has 1 amide bonds. The molecule has 0 saturated carbocycles. The monoisotopic (exact) mass is 456 g/mol. The van der Waals surface area contributed by atoms with E-state index in [-0.39, 0.29) is 11.9 Å². The van der Waals surface area contributed by atoms with Crippen LogP contribution in [0, 0.1) is 0 Å². The van der Waals surface area contributed by atoms with Crippen molar-refractivity contribution >= 4 is 34.7 Å². The fraction of sp³-hybridized carbons (Fsp3) is 0.111. The number of rotatable bonds is 8. The van der Waals surface area contributed by atoms with Crippen LogP contribution in [-0.2, 0) is 6.54 Å². The predicted octanol–water partition coefficient (Wildman–Crippen LogP) is 6.58. The zero-order valence-corrected chi connectivity index (χ0v) is 19.0. The number of para-hydroxylation sites is 1. The van der Waals surface area contributed by atoms with Crippen LogP contribution in [0.1, 0.15) is 34.5 Å². The average Bonchev–Trinajstić information content (AvgIpc) is 2.86. The molecule has 0 fully saturated rings. The van der Waals surface area contributed by atoms with Gasteiger partial charge in [-0.2, -0.15) is 0 Å². The van der Waals surface area contributed by atoms with Crippen LogP contribution in [0.3, 0.4) is 0 Å². The summed E-state index contributed by atoms with van der Waals surface area (Å²) in [6.07, 6.45) is 1.54. The van der Waals surface area contributed by atoms with Crippen molar-refractivity contribution in [3.63, 3.8) is 0 Å². The van der Waals surface area contributed by atoms with Crippen molar-refractivity contribution in [1.82, 2.24) is 10.3 Å². The molecule has 0 aliphatic rings. The molecule has 0 radical (unpaired) electrons. The van der Waals surface area contributed by atoms with Crippen LogP contribution in [0.25, 0.3) is 0 Å². The van der Waals surface area contributed by atoms with Gasteiger partial charge in [-0.25, -0.2) is 4.98 Å². The molecule has 166 valence electrons. The summed E-state index contributed by atoms with van der Waals surface area (Å²) in [4.78, 5) is 17.1. The minimum Gasteiger partial charge on any atom is -0.340 e. The number of carbonyl (C=O) groups excluding carboxylic acids is 1. The van der Waals surface area contributed by atoms with Crippen molar-refractivity contribution in [2.75, 3.05) is 10.6 Å². The Hall–Kier alpha value is -3.67. The Balaban J connectivity index is 1.38. The molecule has 3 N–H and O–H groups in total. The van der Waals surface area contributed by atoms with E-state index in [1.807, 2.05) is 60.7 Å². The Morgan fingerprint density at radius 1 is 0.939 bits per heavy atom. The summed E-state index contributed by atoms with van der Waals surface area (Å²) < 4.78 is 0. The third-order valence-corrected chi connectivity index (χ3v) is 5.59. The second-order valence-corrected chi connectivity index (χ2v) is 8.11. The topological polar surface area (TPSA) is 66.0 Å². The highest BCUT2D eigenvalue weighted by atomic mass is 35.5. The lowest BCUT2D eigenvalue weighted by Gasteiger charge is -2.15. The third kappa shape index (κ3) is 6.19. The van der Waals surface area contributed by atoms with Gasteiger partial charge in [0.25, 0.3) is 5.91 Å². The minimum atomic E-state index is -0.265. The fourth-order valence-electron chi connectivity index (χ4n) is 3.37. The summed E-state index contributed by atoms with van der Waals surface area (Å²) in [5.74, 6) is 0.398. The molecule has 0 saturated heterocycles. The van der Waals surface area contributed by atoms with Crippen LogP contribution in [0.2, 0.25) is 5.02 Å². The van der Waals surface area contributed by atoms with Crippen molar-refractivity contribution < 1.29 is 4.79 Å². The summed E-state index contributed by atoms with van der Waals surface area (Å²) in [7, 11) is 0. The molecular weight excluding hydrogens is 432 g/mol. The molecule has 6 heteroatoms. The molecule has 0 aliphatic carbocycles. The summed E-state index contributed by atoms with van der Waals surface area (Å²) in [5, 5.41) is 10.1. The molecule has 5 nitrogen and oxygen atoms in total. The number of pyridine rings is 1. The number of amides is 1. The Kier molecular flexibility index (Phi) is 7.35. The van der Waals surface area contributed by atoms with Crippen molar-refractivity contribution in [2.24, 2.45) is 0 Å². The largest absolute Gasteiger partial charge is 0.340 e. The van der Waals surface area contributed by atoms with E-state index >= 15 is 0 Å². The van der Waals surface area contributed by atoms with Gasteiger partial charge in [0, 0.05) is 24.5 Å². The normalized spacial score (nSPS) is 11.6. The zero-order valence-electron chi connectivity index (χ0n) is 18.3. The van der Waals surface area contributed by atoms with Gasteiger partial charge in [-0.15, -0.1) is 0 Å². The Bertz CT molecular complexity index is 1200. The smallest absolute Gasteiger partial charge is 0.257 e. The second kappa shape index (κ2) is 10.8. The van der Waals surface area contributed by atoms with Gasteiger partial charge < -0.3 is 16.0 Å². The lowest BCUT2D eigenvalue weighted by atomic mass is 10.1. The highest BCUT2D eigenvalue weighted by Crippen LogP contribution is 2.24. The van der Waals surface area contributed by atoms with Gasteiger partial charge >= 0.3 is 0 Å². The van der Waals surface area contributed by atoms with Crippen LogP contribution < -0.4 is 16.0 Å². The van der Waals surface area contributed by atoms with E-state index in [0.717, 1.165) is 11.3 Å². The fourth-order valence-corrected chi connectivity index (χ4v) is 3.54. The molecule has 1 atom stereocenters. The molecule has 0 spiro atoms. The van der Waals surface area contributed by atoms with Gasteiger partial charge in [-0.3, -0.25) is 4.79 Å². The maximum atomic E-state index is 12.8. The number of halogens is 1. The number of anilines is 3.